The largest absolute Gasteiger partial charge is 0.370 e. The van der Waals surface area contributed by atoms with Crippen molar-refractivity contribution in [2.24, 2.45) is 5.73 Å². The molecule has 0 saturated heterocycles. The van der Waals surface area contributed by atoms with E-state index >= 15 is 0 Å². The average molecular weight is 200 g/mol. The molecule has 1 amide bonds. The maximum absolute atomic E-state index is 10.7. The molecule has 14 heavy (non-hydrogen) atoms. The van der Waals surface area contributed by atoms with Crippen LogP contribution in [0.2, 0.25) is 0 Å². The van der Waals surface area contributed by atoms with Gasteiger partial charge in [-0.3, -0.25) is 4.79 Å². The van der Waals surface area contributed by atoms with E-state index in [2.05, 4.69) is 25.7 Å². The lowest BCUT2D eigenvalue weighted by Crippen LogP contribution is -2.36. The maximum atomic E-state index is 10.7. The van der Waals surface area contributed by atoms with Gasteiger partial charge in [0.15, 0.2) is 0 Å². The second kappa shape index (κ2) is 7.80. The number of primary amides is 1. The van der Waals surface area contributed by atoms with Crippen molar-refractivity contribution in [3.63, 3.8) is 0 Å². The number of hydrogen-bond donors (Lipinski definition) is 1. The third-order valence-corrected chi connectivity index (χ3v) is 2.66. The zero-order chi connectivity index (χ0) is 11.0. The number of carbonyl (C=O) groups is 1. The van der Waals surface area contributed by atoms with E-state index in [4.69, 9.17) is 5.73 Å². The Bertz CT molecular complexity index is 159. The molecule has 84 valence electrons. The zero-order valence-electron chi connectivity index (χ0n) is 9.75. The number of amides is 1. The molecule has 0 radical (unpaired) electrons. The van der Waals surface area contributed by atoms with Crippen LogP contribution in [-0.2, 0) is 4.79 Å². The fourth-order valence-corrected chi connectivity index (χ4v) is 1.43. The number of nitrogens with zero attached hydrogens (tertiary/aromatic N) is 1. The minimum atomic E-state index is -0.199. The van der Waals surface area contributed by atoms with Crippen LogP contribution in [0.5, 0.6) is 0 Å². The van der Waals surface area contributed by atoms with Gasteiger partial charge in [0.05, 0.1) is 0 Å². The lowest BCUT2D eigenvalue weighted by atomic mass is 10.2. The van der Waals surface area contributed by atoms with Gasteiger partial charge in [0, 0.05) is 19.0 Å². The summed E-state index contributed by atoms with van der Waals surface area (Å²) in [6.07, 6.45) is 4.00. The molecule has 1 atom stereocenters. The summed E-state index contributed by atoms with van der Waals surface area (Å²) in [5.41, 5.74) is 5.15. The molecule has 0 aromatic carbocycles. The normalized spacial score (nSPS) is 13.1. The van der Waals surface area contributed by atoms with Crippen LogP contribution in [0.3, 0.4) is 0 Å². The van der Waals surface area contributed by atoms with Gasteiger partial charge in [-0.2, -0.15) is 0 Å². The fraction of sp³-hybridized carbons (Fsp3) is 0.909. The number of carbonyl (C=O) groups excluding carboxylic acids is 1. The molecule has 0 aliphatic rings. The summed E-state index contributed by atoms with van der Waals surface area (Å²) in [5, 5.41) is 0. The Balaban J connectivity index is 3.89. The standard InChI is InChI=1S/C11H24N2O/c1-4-6-8-13(10(3)5-2)9-7-11(12)14/h10H,4-9H2,1-3H3,(H2,12,14). The van der Waals surface area contributed by atoms with Crippen molar-refractivity contribution in [3.8, 4) is 0 Å². The van der Waals surface area contributed by atoms with Gasteiger partial charge in [0.25, 0.3) is 0 Å². The van der Waals surface area contributed by atoms with E-state index in [9.17, 15) is 4.79 Å². The molecule has 0 aliphatic heterocycles. The lowest BCUT2D eigenvalue weighted by Gasteiger charge is -2.27. The highest BCUT2D eigenvalue weighted by Gasteiger charge is 2.11. The number of hydrogen-bond acceptors (Lipinski definition) is 2. The molecule has 0 spiro atoms. The van der Waals surface area contributed by atoms with Gasteiger partial charge in [0.1, 0.15) is 0 Å². The number of rotatable bonds is 8. The first-order chi connectivity index (χ1) is 6.61. The Morgan fingerprint density at radius 1 is 1.36 bits per heavy atom. The van der Waals surface area contributed by atoms with Crippen LogP contribution in [-0.4, -0.2) is 29.9 Å². The molecule has 1 unspecified atom stereocenters. The van der Waals surface area contributed by atoms with Gasteiger partial charge in [0.2, 0.25) is 5.91 Å². The Labute approximate surface area is 87.6 Å². The molecule has 0 heterocycles. The summed E-state index contributed by atoms with van der Waals surface area (Å²) in [6, 6.07) is 0.556. The van der Waals surface area contributed by atoms with E-state index in [1.807, 2.05) is 0 Å². The van der Waals surface area contributed by atoms with E-state index in [0.29, 0.717) is 12.5 Å². The van der Waals surface area contributed by atoms with Crippen LogP contribution in [0.25, 0.3) is 0 Å². The Morgan fingerprint density at radius 2 is 2.00 bits per heavy atom. The van der Waals surface area contributed by atoms with Crippen LogP contribution in [0.1, 0.15) is 46.5 Å². The third-order valence-electron chi connectivity index (χ3n) is 2.66. The van der Waals surface area contributed by atoms with Crippen LogP contribution in [0.15, 0.2) is 0 Å². The first-order valence-corrected chi connectivity index (χ1v) is 5.64. The van der Waals surface area contributed by atoms with Crippen molar-refractivity contribution in [3.05, 3.63) is 0 Å². The van der Waals surface area contributed by atoms with Gasteiger partial charge in [-0.1, -0.05) is 20.3 Å². The molecule has 0 bridgehead atoms. The van der Waals surface area contributed by atoms with Crippen molar-refractivity contribution in [1.82, 2.24) is 4.90 Å². The zero-order valence-corrected chi connectivity index (χ0v) is 9.75. The predicted molar refractivity (Wildman–Crippen MR) is 60.0 cm³/mol. The molecule has 3 nitrogen and oxygen atoms in total. The van der Waals surface area contributed by atoms with Crippen molar-refractivity contribution in [1.29, 1.82) is 0 Å². The van der Waals surface area contributed by atoms with Crippen molar-refractivity contribution in [2.45, 2.75) is 52.5 Å². The Hall–Kier alpha value is -0.570. The fourth-order valence-electron chi connectivity index (χ4n) is 1.43. The van der Waals surface area contributed by atoms with Crippen LogP contribution < -0.4 is 5.73 Å². The summed E-state index contributed by atoms with van der Waals surface area (Å²) in [7, 11) is 0. The van der Waals surface area contributed by atoms with E-state index in [1.54, 1.807) is 0 Å². The van der Waals surface area contributed by atoms with Crippen LogP contribution in [0.4, 0.5) is 0 Å². The molecular formula is C11H24N2O. The first-order valence-electron chi connectivity index (χ1n) is 5.64. The topological polar surface area (TPSA) is 46.3 Å². The van der Waals surface area contributed by atoms with Crippen molar-refractivity contribution >= 4 is 5.91 Å². The molecule has 0 aromatic rings. The van der Waals surface area contributed by atoms with E-state index in [0.717, 1.165) is 19.5 Å². The Morgan fingerprint density at radius 3 is 2.43 bits per heavy atom. The van der Waals surface area contributed by atoms with Gasteiger partial charge in [-0.25, -0.2) is 0 Å². The summed E-state index contributed by atoms with van der Waals surface area (Å²) in [4.78, 5) is 13.0. The molecular weight excluding hydrogens is 176 g/mol. The van der Waals surface area contributed by atoms with Crippen LogP contribution >= 0.6 is 0 Å². The lowest BCUT2D eigenvalue weighted by molar-refractivity contribution is -0.118. The summed E-state index contributed by atoms with van der Waals surface area (Å²) in [6.45, 7) is 8.45. The first kappa shape index (κ1) is 13.4. The molecule has 0 rings (SSSR count). The van der Waals surface area contributed by atoms with Crippen molar-refractivity contribution < 1.29 is 4.79 Å². The average Bonchev–Trinajstić information content (AvgIpc) is 2.16. The van der Waals surface area contributed by atoms with E-state index in [-0.39, 0.29) is 5.91 Å². The number of nitrogens with two attached hydrogens (primary N) is 1. The van der Waals surface area contributed by atoms with Gasteiger partial charge in [-0.15, -0.1) is 0 Å². The van der Waals surface area contributed by atoms with Crippen molar-refractivity contribution in [2.75, 3.05) is 13.1 Å². The minimum absolute atomic E-state index is 0.199. The summed E-state index contributed by atoms with van der Waals surface area (Å²) < 4.78 is 0. The quantitative estimate of drug-likeness (QED) is 0.649. The molecule has 0 aromatic heterocycles. The smallest absolute Gasteiger partial charge is 0.218 e. The molecule has 0 aliphatic carbocycles. The van der Waals surface area contributed by atoms with E-state index in [1.165, 1.54) is 12.8 Å². The van der Waals surface area contributed by atoms with E-state index < -0.39 is 0 Å². The monoisotopic (exact) mass is 200 g/mol. The summed E-state index contributed by atoms with van der Waals surface area (Å²) >= 11 is 0. The molecule has 3 heteroatoms. The highest BCUT2D eigenvalue weighted by molar-refractivity contribution is 5.73. The van der Waals surface area contributed by atoms with Gasteiger partial charge in [-0.05, 0) is 26.3 Å². The minimum Gasteiger partial charge on any atom is -0.370 e. The second-order valence-electron chi connectivity index (χ2n) is 3.86. The molecule has 2 N–H and O–H groups in total. The molecule has 0 fully saturated rings. The van der Waals surface area contributed by atoms with Crippen LogP contribution in [0, 0.1) is 0 Å². The molecule has 0 saturated carbocycles. The third kappa shape index (κ3) is 5.97. The highest BCUT2D eigenvalue weighted by Crippen LogP contribution is 2.06. The maximum Gasteiger partial charge on any atom is 0.218 e. The number of unbranched alkanes of at least 4 members (excludes halogenated alkanes) is 1. The second-order valence-corrected chi connectivity index (χ2v) is 3.86. The Kier molecular flexibility index (Phi) is 7.48. The van der Waals surface area contributed by atoms with Gasteiger partial charge < -0.3 is 10.6 Å². The van der Waals surface area contributed by atoms with Gasteiger partial charge >= 0.3 is 0 Å². The highest BCUT2D eigenvalue weighted by atomic mass is 16.1. The SMILES string of the molecule is CCCCN(CCC(N)=O)C(C)CC. The summed E-state index contributed by atoms with van der Waals surface area (Å²) in [5.74, 6) is -0.199. The predicted octanol–water partition coefficient (Wildman–Crippen LogP) is 1.76.